The van der Waals surface area contributed by atoms with Gasteiger partial charge in [-0.05, 0) is 25.0 Å². The van der Waals surface area contributed by atoms with E-state index >= 15 is 0 Å². The van der Waals surface area contributed by atoms with Crippen molar-refractivity contribution in [1.82, 2.24) is 0 Å². The molecule has 0 aromatic heterocycles. The van der Waals surface area contributed by atoms with Crippen molar-refractivity contribution in [2.75, 3.05) is 11.4 Å². The fourth-order valence-corrected chi connectivity index (χ4v) is 1.86. The van der Waals surface area contributed by atoms with Crippen LogP contribution in [0.2, 0.25) is 0 Å². The van der Waals surface area contributed by atoms with Crippen molar-refractivity contribution < 1.29 is 4.79 Å². The Morgan fingerprint density at radius 3 is 2.60 bits per heavy atom. The van der Waals surface area contributed by atoms with Gasteiger partial charge in [0.25, 0.3) is 0 Å². The number of benzene rings is 1. The van der Waals surface area contributed by atoms with E-state index in [1.165, 1.54) is 0 Å². The van der Waals surface area contributed by atoms with Gasteiger partial charge in [0.1, 0.15) is 0 Å². The smallest absolute Gasteiger partial charge is 0.227 e. The molecule has 1 aromatic rings. The zero-order valence-electron chi connectivity index (χ0n) is 8.78. The Morgan fingerprint density at radius 1 is 1.13 bits per heavy atom. The molecular weight excluding hydrogens is 186 g/mol. The molecule has 0 radical (unpaired) electrons. The van der Waals surface area contributed by atoms with Crippen LogP contribution in [0, 0.1) is 0 Å². The molecule has 0 aliphatic carbocycles. The lowest BCUT2D eigenvalue weighted by Gasteiger charge is -2.20. The molecule has 1 aromatic carbocycles. The maximum absolute atomic E-state index is 11.8. The van der Waals surface area contributed by atoms with Crippen molar-refractivity contribution >= 4 is 11.6 Å². The highest BCUT2D eigenvalue weighted by atomic mass is 16.2. The van der Waals surface area contributed by atoms with E-state index in [0.717, 1.165) is 24.1 Å². The van der Waals surface area contributed by atoms with E-state index in [1.54, 1.807) is 0 Å². The summed E-state index contributed by atoms with van der Waals surface area (Å²) in [4.78, 5) is 13.7. The monoisotopic (exact) mass is 201 g/mol. The SMILES string of the molecule is C=C1CCCC(=O)N(c2ccccc2)C1. The van der Waals surface area contributed by atoms with Crippen molar-refractivity contribution in [2.24, 2.45) is 0 Å². The van der Waals surface area contributed by atoms with Gasteiger partial charge in [-0.1, -0.05) is 30.4 Å². The van der Waals surface area contributed by atoms with Gasteiger partial charge in [-0.3, -0.25) is 4.79 Å². The molecule has 2 nitrogen and oxygen atoms in total. The molecule has 2 rings (SSSR count). The Kier molecular flexibility index (Phi) is 2.86. The Balaban J connectivity index is 2.25. The highest BCUT2D eigenvalue weighted by Gasteiger charge is 2.19. The predicted molar refractivity (Wildman–Crippen MR) is 61.8 cm³/mol. The topological polar surface area (TPSA) is 20.3 Å². The number of para-hydroxylation sites is 1. The second-order valence-corrected chi connectivity index (χ2v) is 3.92. The molecule has 0 unspecified atom stereocenters. The van der Waals surface area contributed by atoms with Gasteiger partial charge in [-0.15, -0.1) is 0 Å². The maximum atomic E-state index is 11.8. The second-order valence-electron chi connectivity index (χ2n) is 3.92. The Labute approximate surface area is 90.2 Å². The molecule has 0 atom stereocenters. The number of hydrogen-bond donors (Lipinski definition) is 0. The van der Waals surface area contributed by atoms with Crippen molar-refractivity contribution in [1.29, 1.82) is 0 Å². The number of amides is 1. The van der Waals surface area contributed by atoms with Crippen molar-refractivity contribution in [3.63, 3.8) is 0 Å². The van der Waals surface area contributed by atoms with Crippen LogP contribution in [0.15, 0.2) is 42.5 Å². The van der Waals surface area contributed by atoms with E-state index < -0.39 is 0 Å². The van der Waals surface area contributed by atoms with Crippen LogP contribution in [0.4, 0.5) is 5.69 Å². The van der Waals surface area contributed by atoms with E-state index in [2.05, 4.69) is 6.58 Å². The quantitative estimate of drug-likeness (QED) is 0.640. The van der Waals surface area contributed by atoms with E-state index in [1.807, 2.05) is 35.2 Å². The first-order valence-electron chi connectivity index (χ1n) is 5.29. The van der Waals surface area contributed by atoms with Gasteiger partial charge in [0.2, 0.25) is 5.91 Å². The number of carbonyl (C=O) groups is 1. The summed E-state index contributed by atoms with van der Waals surface area (Å²) < 4.78 is 0. The summed E-state index contributed by atoms with van der Waals surface area (Å²) >= 11 is 0. The van der Waals surface area contributed by atoms with E-state index in [4.69, 9.17) is 0 Å². The number of nitrogens with zero attached hydrogens (tertiary/aromatic N) is 1. The molecule has 0 spiro atoms. The number of rotatable bonds is 1. The molecular formula is C13H15NO. The predicted octanol–water partition coefficient (Wildman–Crippen LogP) is 2.76. The summed E-state index contributed by atoms with van der Waals surface area (Å²) in [6.45, 7) is 4.66. The first kappa shape index (κ1) is 9.97. The molecule has 15 heavy (non-hydrogen) atoms. The van der Waals surface area contributed by atoms with Crippen LogP contribution >= 0.6 is 0 Å². The van der Waals surface area contributed by atoms with Gasteiger partial charge in [0.15, 0.2) is 0 Å². The van der Waals surface area contributed by atoms with Crippen LogP contribution < -0.4 is 4.90 Å². The highest BCUT2D eigenvalue weighted by molar-refractivity contribution is 5.94. The van der Waals surface area contributed by atoms with E-state index in [9.17, 15) is 4.79 Å². The summed E-state index contributed by atoms with van der Waals surface area (Å²) in [5, 5.41) is 0. The molecule has 78 valence electrons. The minimum Gasteiger partial charge on any atom is -0.308 e. The van der Waals surface area contributed by atoms with Gasteiger partial charge < -0.3 is 4.90 Å². The van der Waals surface area contributed by atoms with Gasteiger partial charge in [-0.2, -0.15) is 0 Å². The molecule has 1 saturated heterocycles. The minimum atomic E-state index is 0.208. The van der Waals surface area contributed by atoms with Gasteiger partial charge in [0, 0.05) is 18.7 Å². The van der Waals surface area contributed by atoms with Crippen molar-refractivity contribution in [3.05, 3.63) is 42.5 Å². The standard InChI is InChI=1S/C13H15NO/c1-11-6-5-9-13(15)14(10-11)12-7-3-2-4-8-12/h2-4,7-8H,1,5-6,9-10H2. The third kappa shape index (κ3) is 2.27. The number of hydrogen-bond acceptors (Lipinski definition) is 1. The first-order valence-corrected chi connectivity index (χ1v) is 5.29. The lowest BCUT2D eigenvalue weighted by Crippen LogP contribution is -2.30. The Morgan fingerprint density at radius 2 is 1.87 bits per heavy atom. The Bertz CT molecular complexity index is 369. The maximum Gasteiger partial charge on any atom is 0.227 e. The summed E-state index contributed by atoms with van der Waals surface area (Å²) in [5.41, 5.74) is 2.12. The largest absolute Gasteiger partial charge is 0.308 e. The lowest BCUT2D eigenvalue weighted by molar-refractivity contribution is -0.118. The zero-order chi connectivity index (χ0) is 10.7. The first-order chi connectivity index (χ1) is 7.27. The van der Waals surface area contributed by atoms with Gasteiger partial charge in [0.05, 0.1) is 0 Å². The summed E-state index contributed by atoms with van der Waals surface area (Å²) in [7, 11) is 0. The molecule has 1 amide bonds. The fourth-order valence-electron chi connectivity index (χ4n) is 1.86. The fraction of sp³-hybridized carbons (Fsp3) is 0.308. The molecule has 1 aliphatic rings. The van der Waals surface area contributed by atoms with Crippen LogP contribution in [0.3, 0.4) is 0 Å². The third-order valence-electron chi connectivity index (χ3n) is 2.67. The Hall–Kier alpha value is -1.57. The number of carbonyl (C=O) groups excluding carboxylic acids is 1. The average molecular weight is 201 g/mol. The normalized spacial score (nSPS) is 17.7. The number of anilines is 1. The second kappa shape index (κ2) is 4.30. The summed E-state index contributed by atoms with van der Waals surface area (Å²) in [5.74, 6) is 0.208. The molecule has 1 heterocycles. The van der Waals surface area contributed by atoms with Crippen LogP contribution in [-0.4, -0.2) is 12.5 Å². The van der Waals surface area contributed by atoms with Crippen molar-refractivity contribution in [2.45, 2.75) is 19.3 Å². The molecule has 0 N–H and O–H groups in total. The van der Waals surface area contributed by atoms with Gasteiger partial charge in [-0.25, -0.2) is 0 Å². The molecule has 1 aliphatic heterocycles. The van der Waals surface area contributed by atoms with Crippen molar-refractivity contribution in [3.8, 4) is 0 Å². The molecule has 2 heteroatoms. The zero-order valence-corrected chi connectivity index (χ0v) is 8.78. The summed E-state index contributed by atoms with van der Waals surface area (Å²) in [6.07, 6.45) is 2.53. The molecule has 0 bridgehead atoms. The van der Waals surface area contributed by atoms with Crippen LogP contribution in [0.5, 0.6) is 0 Å². The van der Waals surface area contributed by atoms with E-state index in [0.29, 0.717) is 13.0 Å². The molecule has 0 saturated carbocycles. The minimum absolute atomic E-state index is 0.208. The van der Waals surface area contributed by atoms with Gasteiger partial charge >= 0.3 is 0 Å². The van der Waals surface area contributed by atoms with Crippen LogP contribution in [-0.2, 0) is 4.79 Å². The third-order valence-corrected chi connectivity index (χ3v) is 2.67. The summed E-state index contributed by atoms with van der Waals surface area (Å²) in [6, 6.07) is 9.81. The van der Waals surface area contributed by atoms with Crippen LogP contribution in [0.25, 0.3) is 0 Å². The lowest BCUT2D eigenvalue weighted by atomic mass is 10.1. The highest BCUT2D eigenvalue weighted by Crippen LogP contribution is 2.21. The molecule has 1 fully saturated rings. The van der Waals surface area contributed by atoms with Crippen LogP contribution in [0.1, 0.15) is 19.3 Å². The van der Waals surface area contributed by atoms with E-state index in [-0.39, 0.29) is 5.91 Å². The average Bonchev–Trinajstić information content (AvgIpc) is 2.42.